The summed E-state index contributed by atoms with van der Waals surface area (Å²) in [6, 6.07) is 0.0911. The molecule has 16 heavy (non-hydrogen) atoms. The lowest BCUT2D eigenvalue weighted by Gasteiger charge is -2.07. The number of carbonyl (C=O) groups excluding carboxylic acids is 2. The van der Waals surface area contributed by atoms with Crippen molar-refractivity contribution in [1.82, 2.24) is 10.6 Å². The van der Waals surface area contributed by atoms with Gasteiger partial charge in [0, 0.05) is 18.9 Å². The molecule has 0 bridgehead atoms. The minimum absolute atomic E-state index is 0.0911. The van der Waals surface area contributed by atoms with Gasteiger partial charge in [0.2, 0.25) is 11.8 Å². The fourth-order valence-electron chi connectivity index (χ4n) is 1.07. The number of carboxylic acid groups (broad SMARTS) is 1. The summed E-state index contributed by atoms with van der Waals surface area (Å²) in [5, 5.41) is 13.2. The summed E-state index contributed by atoms with van der Waals surface area (Å²) in [5.74, 6) is -1.52. The molecule has 3 N–H and O–H groups in total. The second-order valence-electron chi connectivity index (χ2n) is 3.75. The van der Waals surface area contributed by atoms with Gasteiger partial charge in [0.25, 0.3) is 0 Å². The summed E-state index contributed by atoms with van der Waals surface area (Å²) >= 11 is 0. The van der Waals surface area contributed by atoms with Gasteiger partial charge in [-0.15, -0.1) is 0 Å². The normalized spacial score (nSPS) is 9.94. The van der Waals surface area contributed by atoms with E-state index < -0.39 is 5.97 Å². The Balaban J connectivity index is 3.54. The van der Waals surface area contributed by atoms with Crippen LogP contribution < -0.4 is 10.6 Å². The van der Waals surface area contributed by atoms with Crippen molar-refractivity contribution in [2.45, 2.75) is 39.2 Å². The van der Waals surface area contributed by atoms with E-state index in [9.17, 15) is 14.4 Å². The highest BCUT2D eigenvalue weighted by Crippen LogP contribution is 1.95. The van der Waals surface area contributed by atoms with Gasteiger partial charge in [-0.3, -0.25) is 14.4 Å². The fraction of sp³-hybridized carbons (Fsp3) is 0.700. The minimum Gasteiger partial charge on any atom is -0.480 e. The molecule has 0 spiro atoms. The maximum Gasteiger partial charge on any atom is 0.322 e. The zero-order chi connectivity index (χ0) is 12.6. The lowest BCUT2D eigenvalue weighted by molar-refractivity contribution is -0.138. The van der Waals surface area contributed by atoms with Crippen molar-refractivity contribution in [2.75, 3.05) is 6.54 Å². The van der Waals surface area contributed by atoms with Crippen LogP contribution in [0, 0.1) is 0 Å². The predicted octanol–water partition coefficient (Wildman–Crippen LogP) is -0.118. The van der Waals surface area contributed by atoms with Gasteiger partial charge >= 0.3 is 5.97 Å². The van der Waals surface area contributed by atoms with Crippen molar-refractivity contribution in [3.8, 4) is 0 Å². The molecule has 0 atom stereocenters. The van der Waals surface area contributed by atoms with Crippen LogP contribution in [-0.4, -0.2) is 35.5 Å². The van der Waals surface area contributed by atoms with Crippen LogP contribution in [0.2, 0.25) is 0 Å². The van der Waals surface area contributed by atoms with Crippen molar-refractivity contribution < 1.29 is 19.5 Å². The van der Waals surface area contributed by atoms with Crippen molar-refractivity contribution in [1.29, 1.82) is 0 Å². The second-order valence-corrected chi connectivity index (χ2v) is 3.75. The van der Waals surface area contributed by atoms with E-state index in [1.165, 1.54) is 0 Å². The molecule has 0 aliphatic carbocycles. The Morgan fingerprint density at radius 2 is 1.69 bits per heavy atom. The number of carboxylic acids is 1. The molecule has 0 unspecified atom stereocenters. The SMILES string of the molecule is CC(C)NC(=O)CCCC(=O)NCC(=O)O. The van der Waals surface area contributed by atoms with Gasteiger partial charge in [-0.2, -0.15) is 0 Å². The Labute approximate surface area is 94.4 Å². The molecular weight excluding hydrogens is 212 g/mol. The van der Waals surface area contributed by atoms with Crippen LogP contribution in [0.15, 0.2) is 0 Å². The summed E-state index contributed by atoms with van der Waals surface area (Å²) in [5.41, 5.74) is 0. The lowest BCUT2D eigenvalue weighted by atomic mass is 10.2. The van der Waals surface area contributed by atoms with Crippen molar-refractivity contribution in [3.05, 3.63) is 0 Å². The third kappa shape index (κ3) is 8.98. The van der Waals surface area contributed by atoms with E-state index in [0.29, 0.717) is 6.42 Å². The smallest absolute Gasteiger partial charge is 0.322 e. The maximum absolute atomic E-state index is 11.2. The predicted molar refractivity (Wildman–Crippen MR) is 57.8 cm³/mol. The minimum atomic E-state index is -1.08. The van der Waals surface area contributed by atoms with Crippen LogP contribution in [0.25, 0.3) is 0 Å². The van der Waals surface area contributed by atoms with E-state index in [-0.39, 0.29) is 37.2 Å². The largest absolute Gasteiger partial charge is 0.480 e. The lowest BCUT2D eigenvalue weighted by Crippen LogP contribution is -2.31. The first kappa shape index (κ1) is 14.4. The number of rotatable bonds is 7. The highest BCUT2D eigenvalue weighted by atomic mass is 16.4. The Bertz CT molecular complexity index is 264. The summed E-state index contributed by atoms with van der Waals surface area (Å²) in [7, 11) is 0. The van der Waals surface area contributed by atoms with Crippen LogP contribution in [-0.2, 0) is 14.4 Å². The van der Waals surface area contributed by atoms with E-state index >= 15 is 0 Å². The van der Waals surface area contributed by atoms with Crippen LogP contribution in [0.4, 0.5) is 0 Å². The first-order chi connectivity index (χ1) is 7.41. The van der Waals surface area contributed by atoms with Gasteiger partial charge in [-0.25, -0.2) is 0 Å². The molecule has 0 saturated heterocycles. The Morgan fingerprint density at radius 1 is 1.12 bits per heavy atom. The van der Waals surface area contributed by atoms with Crippen molar-refractivity contribution in [3.63, 3.8) is 0 Å². The molecule has 0 saturated carbocycles. The highest BCUT2D eigenvalue weighted by molar-refractivity contribution is 5.82. The van der Waals surface area contributed by atoms with Crippen LogP contribution in [0.5, 0.6) is 0 Å². The summed E-state index contributed by atoms with van der Waals surface area (Å²) in [4.78, 5) is 32.3. The van der Waals surface area contributed by atoms with Crippen LogP contribution >= 0.6 is 0 Å². The molecule has 2 amide bonds. The van der Waals surface area contributed by atoms with Crippen molar-refractivity contribution >= 4 is 17.8 Å². The van der Waals surface area contributed by atoms with Crippen molar-refractivity contribution in [2.24, 2.45) is 0 Å². The Morgan fingerprint density at radius 3 is 2.19 bits per heavy atom. The Hall–Kier alpha value is -1.59. The number of amides is 2. The zero-order valence-electron chi connectivity index (χ0n) is 9.58. The first-order valence-corrected chi connectivity index (χ1v) is 5.19. The molecule has 0 fully saturated rings. The van der Waals surface area contributed by atoms with E-state index in [0.717, 1.165) is 0 Å². The van der Waals surface area contributed by atoms with Crippen LogP contribution in [0.1, 0.15) is 33.1 Å². The molecule has 0 rings (SSSR count). The number of nitrogens with one attached hydrogen (secondary N) is 2. The topological polar surface area (TPSA) is 95.5 Å². The summed E-state index contributed by atoms with van der Waals surface area (Å²) < 4.78 is 0. The number of carbonyl (C=O) groups is 3. The van der Waals surface area contributed by atoms with E-state index in [2.05, 4.69) is 10.6 Å². The molecule has 0 aromatic rings. The fourth-order valence-corrected chi connectivity index (χ4v) is 1.07. The standard InChI is InChI=1S/C10H18N2O4/c1-7(2)12-9(14)5-3-4-8(13)11-6-10(15)16/h7H,3-6H2,1-2H3,(H,11,13)(H,12,14)(H,15,16). The second kappa shape index (κ2) is 7.67. The van der Waals surface area contributed by atoms with E-state index in [1.807, 2.05) is 13.8 Å². The van der Waals surface area contributed by atoms with Gasteiger partial charge in [0.05, 0.1) is 0 Å². The number of aliphatic carboxylic acids is 1. The third-order valence-corrected chi connectivity index (χ3v) is 1.69. The van der Waals surface area contributed by atoms with Gasteiger partial charge in [0.15, 0.2) is 0 Å². The van der Waals surface area contributed by atoms with Gasteiger partial charge in [-0.05, 0) is 20.3 Å². The third-order valence-electron chi connectivity index (χ3n) is 1.69. The monoisotopic (exact) mass is 230 g/mol. The van der Waals surface area contributed by atoms with E-state index in [1.54, 1.807) is 0 Å². The molecule has 0 heterocycles. The van der Waals surface area contributed by atoms with Gasteiger partial charge in [0.1, 0.15) is 6.54 Å². The molecule has 0 radical (unpaired) electrons. The van der Waals surface area contributed by atoms with Gasteiger partial charge in [-0.1, -0.05) is 0 Å². The maximum atomic E-state index is 11.2. The average molecular weight is 230 g/mol. The summed E-state index contributed by atoms with van der Waals surface area (Å²) in [6.07, 6.45) is 0.863. The molecule has 0 aromatic heterocycles. The highest BCUT2D eigenvalue weighted by Gasteiger charge is 2.06. The quantitative estimate of drug-likeness (QED) is 0.568. The van der Waals surface area contributed by atoms with E-state index in [4.69, 9.17) is 5.11 Å². The van der Waals surface area contributed by atoms with Crippen LogP contribution in [0.3, 0.4) is 0 Å². The molecule has 92 valence electrons. The zero-order valence-corrected chi connectivity index (χ0v) is 9.58. The molecule has 0 aromatic carbocycles. The first-order valence-electron chi connectivity index (χ1n) is 5.19. The molecule has 6 nitrogen and oxygen atoms in total. The molecule has 0 aliphatic heterocycles. The number of hydrogen-bond acceptors (Lipinski definition) is 3. The Kier molecular flexibility index (Phi) is 6.91. The summed E-state index contributed by atoms with van der Waals surface area (Å²) in [6.45, 7) is 3.34. The molecule has 6 heteroatoms. The average Bonchev–Trinajstić information content (AvgIpc) is 2.13. The number of hydrogen-bond donors (Lipinski definition) is 3. The molecule has 0 aliphatic rings. The van der Waals surface area contributed by atoms with Gasteiger partial charge < -0.3 is 15.7 Å². The molecular formula is C10H18N2O4.